The number of rotatable bonds is 5. The van der Waals surface area contributed by atoms with E-state index >= 15 is 0 Å². The van der Waals surface area contributed by atoms with Crippen LogP contribution in [0.5, 0.6) is 0 Å². The molecule has 0 N–H and O–H groups in total. The van der Waals surface area contributed by atoms with Crippen molar-refractivity contribution in [2.24, 2.45) is 4.99 Å². The predicted molar refractivity (Wildman–Crippen MR) is 152 cm³/mol. The first-order chi connectivity index (χ1) is 18.6. The van der Waals surface area contributed by atoms with Crippen LogP contribution in [0.1, 0.15) is 42.4 Å². The summed E-state index contributed by atoms with van der Waals surface area (Å²) in [4.78, 5) is 31.9. The van der Waals surface area contributed by atoms with E-state index in [-0.39, 0.29) is 17.7 Å². The molecule has 0 saturated heterocycles. The lowest BCUT2D eigenvalue weighted by molar-refractivity contribution is -0.139. The van der Waals surface area contributed by atoms with Gasteiger partial charge in [-0.2, -0.15) is 0 Å². The molecule has 3 heterocycles. The maximum atomic E-state index is 13.9. The van der Waals surface area contributed by atoms with Crippen molar-refractivity contribution in [3.05, 3.63) is 118 Å². The summed E-state index contributed by atoms with van der Waals surface area (Å²) < 4.78 is 23.0. The van der Waals surface area contributed by atoms with Crippen LogP contribution in [0, 0.1) is 19.7 Å². The molecule has 39 heavy (non-hydrogen) atoms. The predicted octanol–water partition coefficient (Wildman–Crippen LogP) is 5.65. The van der Waals surface area contributed by atoms with Gasteiger partial charge in [-0.3, -0.25) is 9.36 Å². The number of carbonyl (C=O) groups is 1. The van der Waals surface area contributed by atoms with Gasteiger partial charge in [-0.05, 0) is 81.3 Å². The Labute approximate surface area is 237 Å². The first-order valence-corrected chi connectivity index (χ1v) is 13.8. The molecule has 1 aliphatic heterocycles. The molecule has 200 valence electrons. The summed E-state index contributed by atoms with van der Waals surface area (Å²) in [6, 6.07) is 12.4. The Balaban J connectivity index is 1.68. The zero-order valence-corrected chi connectivity index (χ0v) is 23.9. The molecular weight excluding hydrogens is 560 g/mol. The smallest absolute Gasteiger partial charge is 0.338 e. The van der Waals surface area contributed by atoms with Gasteiger partial charge in [0.2, 0.25) is 0 Å². The molecule has 1 aliphatic rings. The fraction of sp³-hybridized carbons (Fsp3) is 0.207. The number of carbonyl (C=O) groups excluding carboxylic acids is 1. The molecule has 0 unspecified atom stereocenters. The molecule has 0 radical (unpaired) electrons. The molecule has 2 aromatic heterocycles. The Kier molecular flexibility index (Phi) is 7.37. The summed E-state index contributed by atoms with van der Waals surface area (Å²) in [6.45, 7) is 7.53. The third-order valence-corrected chi connectivity index (χ3v) is 8.34. The minimum Gasteiger partial charge on any atom is -0.463 e. The van der Waals surface area contributed by atoms with Crippen molar-refractivity contribution in [2.75, 3.05) is 6.61 Å². The molecular formula is C29H24Cl2FN3O3S. The summed E-state index contributed by atoms with van der Waals surface area (Å²) in [7, 11) is 0. The van der Waals surface area contributed by atoms with E-state index in [1.165, 1.54) is 28.0 Å². The average Bonchev–Trinajstić information content (AvgIpc) is 3.35. The van der Waals surface area contributed by atoms with E-state index in [0.717, 1.165) is 22.6 Å². The van der Waals surface area contributed by atoms with E-state index in [9.17, 15) is 14.0 Å². The molecule has 0 fully saturated rings. The second kappa shape index (κ2) is 10.6. The van der Waals surface area contributed by atoms with Crippen LogP contribution in [0.3, 0.4) is 0 Å². The van der Waals surface area contributed by atoms with Crippen molar-refractivity contribution >= 4 is 46.6 Å². The maximum absolute atomic E-state index is 13.9. The van der Waals surface area contributed by atoms with Crippen LogP contribution in [0.2, 0.25) is 10.0 Å². The molecule has 0 aliphatic carbocycles. The lowest BCUT2D eigenvalue weighted by Crippen LogP contribution is -2.39. The number of ether oxygens (including phenoxy) is 1. The van der Waals surface area contributed by atoms with E-state index in [2.05, 4.69) is 4.99 Å². The average molecular weight is 585 g/mol. The first kappa shape index (κ1) is 27.1. The number of nitrogens with zero attached hydrogens (tertiary/aromatic N) is 3. The summed E-state index contributed by atoms with van der Waals surface area (Å²) >= 11 is 13.6. The molecule has 2 aromatic carbocycles. The van der Waals surface area contributed by atoms with Gasteiger partial charge in [-0.1, -0.05) is 46.7 Å². The van der Waals surface area contributed by atoms with Gasteiger partial charge in [0.05, 0.1) is 38.5 Å². The number of aromatic nitrogens is 2. The van der Waals surface area contributed by atoms with Crippen LogP contribution in [0.25, 0.3) is 11.8 Å². The fourth-order valence-corrected chi connectivity index (χ4v) is 6.18. The van der Waals surface area contributed by atoms with Gasteiger partial charge in [0.1, 0.15) is 5.82 Å². The number of aryl methyl sites for hydroxylation is 1. The second-order valence-corrected chi connectivity index (χ2v) is 10.9. The normalized spacial score (nSPS) is 15.4. The van der Waals surface area contributed by atoms with E-state index in [1.54, 1.807) is 38.1 Å². The highest BCUT2D eigenvalue weighted by Gasteiger charge is 2.33. The summed E-state index contributed by atoms with van der Waals surface area (Å²) in [6.07, 6.45) is 1.82. The van der Waals surface area contributed by atoms with Gasteiger partial charge in [0.15, 0.2) is 4.80 Å². The molecule has 0 saturated carbocycles. The maximum Gasteiger partial charge on any atom is 0.338 e. The second-order valence-electron chi connectivity index (χ2n) is 9.11. The van der Waals surface area contributed by atoms with Crippen molar-refractivity contribution < 1.29 is 13.9 Å². The highest BCUT2D eigenvalue weighted by Crippen LogP contribution is 2.31. The quantitative estimate of drug-likeness (QED) is 0.285. The third kappa shape index (κ3) is 4.88. The number of fused-ring (bicyclic) bond motifs is 1. The molecule has 4 aromatic rings. The summed E-state index contributed by atoms with van der Waals surface area (Å²) in [5.74, 6) is -0.977. The monoisotopic (exact) mass is 583 g/mol. The zero-order valence-electron chi connectivity index (χ0n) is 21.6. The Hall–Kier alpha value is -3.46. The Morgan fingerprint density at radius 2 is 1.82 bits per heavy atom. The van der Waals surface area contributed by atoms with Crippen LogP contribution < -0.4 is 14.9 Å². The summed E-state index contributed by atoms with van der Waals surface area (Å²) in [5, 5.41) is 0.919. The summed E-state index contributed by atoms with van der Waals surface area (Å²) in [5.41, 5.74) is 4.55. The van der Waals surface area contributed by atoms with Crippen molar-refractivity contribution in [3.8, 4) is 5.69 Å². The molecule has 0 spiro atoms. The van der Waals surface area contributed by atoms with Crippen molar-refractivity contribution in [2.45, 2.75) is 33.7 Å². The van der Waals surface area contributed by atoms with E-state index in [4.69, 9.17) is 27.9 Å². The van der Waals surface area contributed by atoms with Gasteiger partial charge in [-0.25, -0.2) is 14.2 Å². The fourth-order valence-electron chi connectivity index (χ4n) is 4.85. The third-order valence-electron chi connectivity index (χ3n) is 6.62. The highest BCUT2D eigenvalue weighted by molar-refractivity contribution is 7.07. The van der Waals surface area contributed by atoms with Crippen LogP contribution in [0.15, 0.2) is 69.6 Å². The molecule has 6 nitrogen and oxygen atoms in total. The SMILES string of the molecule is CCOC(=O)C1=C(C)N=c2s/c(=C\c3cc(C)n(-c4ccc(Cl)c(Cl)c4)c3C)c(=O)n2[C@@H]1c1ccc(F)cc1. The van der Waals surface area contributed by atoms with Crippen molar-refractivity contribution in [3.63, 3.8) is 0 Å². The van der Waals surface area contributed by atoms with E-state index < -0.39 is 17.8 Å². The van der Waals surface area contributed by atoms with Crippen molar-refractivity contribution in [1.29, 1.82) is 0 Å². The van der Waals surface area contributed by atoms with Gasteiger partial charge >= 0.3 is 5.97 Å². The van der Waals surface area contributed by atoms with Crippen LogP contribution >= 0.6 is 34.5 Å². The number of hydrogen-bond acceptors (Lipinski definition) is 5. The van der Waals surface area contributed by atoms with E-state index in [0.29, 0.717) is 30.6 Å². The van der Waals surface area contributed by atoms with Gasteiger partial charge in [0, 0.05) is 17.1 Å². The molecule has 1 atom stereocenters. The number of hydrogen-bond donors (Lipinski definition) is 0. The Morgan fingerprint density at radius 1 is 1.10 bits per heavy atom. The number of allylic oxidation sites excluding steroid dienone is 1. The van der Waals surface area contributed by atoms with Crippen LogP contribution in [-0.2, 0) is 9.53 Å². The number of esters is 1. The van der Waals surface area contributed by atoms with Gasteiger partial charge < -0.3 is 9.30 Å². The topological polar surface area (TPSA) is 65.6 Å². The van der Waals surface area contributed by atoms with Gasteiger partial charge in [0.25, 0.3) is 5.56 Å². The minimum absolute atomic E-state index is 0.171. The molecule has 10 heteroatoms. The molecule has 5 rings (SSSR count). The van der Waals surface area contributed by atoms with Crippen LogP contribution in [-0.4, -0.2) is 21.7 Å². The number of thiazole rings is 1. The Bertz CT molecular complexity index is 1830. The number of halogens is 3. The standard InChI is InChI=1S/C29H24Cl2FN3O3S/c1-5-38-28(37)25-16(3)33-29-35(26(25)18-6-8-20(32)9-7-18)27(36)24(39-29)13-19-12-15(2)34(17(19)4)21-10-11-22(30)23(31)14-21/h6-14,26H,5H2,1-4H3/b24-13-/t26-/m1/s1. The highest BCUT2D eigenvalue weighted by atomic mass is 35.5. The molecule has 0 amide bonds. The zero-order chi connectivity index (χ0) is 28.0. The lowest BCUT2D eigenvalue weighted by atomic mass is 9.96. The first-order valence-electron chi connectivity index (χ1n) is 12.2. The van der Waals surface area contributed by atoms with Crippen molar-refractivity contribution in [1.82, 2.24) is 9.13 Å². The molecule has 0 bridgehead atoms. The number of benzene rings is 2. The largest absolute Gasteiger partial charge is 0.463 e. The van der Waals surface area contributed by atoms with E-state index in [1.807, 2.05) is 36.6 Å². The Morgan fingerprint density at radius 3 is 2.49 bits per heavy atom. The van der Waals surface area contributed by atoms with Gasteiger partial charge in [-0.15, -0.1) is 0 Å². The minimum atomic E-state index is -0.799. The lowest BCUT2D eigenvalue weighted by Gasteiger charge is -2.24. The van der Waals surface area contributed by atoms with Crippen LogP contribution in [0.4, 0.5) is 4.39 Å².